The monoisotopic (exact) mass is 317 g/mol. The number of likely N-dealkylation sites (tertiary alicyclic amines) is 1. The SMILES string of the molecule is Cc1cnc(OC2CCN(C(=O)CCC3CCCC3)CC2)nc1. The topological polar surface area (TPSA) is 55.3 Å². The average Bonchev–Trinajstić information content (AvgIpc) is 3.09. The smallest absolute Gasteiger partial charge is 0.316 e. The van der Waals surface area contributed by atoms with Gasteiger partial charge in [-0.25, -0.2) is 9.97 Å². The lowest BCUT2D eigenvalue weighted by Gasteiger charge is -2.32. The molecule has 1 aliphatic heterocycles. The van der Waals surface area contributed by atoms with Crippen LogP contribution in [0.25, 0.3) is 0 Å². The van der Waals surface area contributed by atoms with E-state index in [1.165, 1.54) is 25.7 Å². The van der Waals surface area contributed by atoms with Crippen molar-refractivity contribution in [1.82, 2.24) is 14.9 Å². The molecule has 2 heterocycles. The highest BCUT2D eigenvalue weighted by molar-refractivity contribution is 5.76. The summed E-state index contributed by atoms with van der Waals surface area (Å²) in [5.74, 6) is 1.11. The first-order chi connectivity index (χ1) is 11.2. The molecule has 1 saturated carbocycles. The van der Waals surface area contributed by atoms with Crippen molar-refractivity contribution in [3.8, 4) is 6.01 Å². The minimum atomic E-state index is 0.122. The maximum Gasteiger partial charge on any atom is 0.316 e. The summed E-state index contributed by atoms with van der Waals surface area (Å²) in [6.45, 7) is 3.54. The highest BCUT2D eigenvalue weighted by atomic mass is 16.5. The van der Waals surface area contributed by atoms with Crippen molar-refractivity contribution >= 4 is 5.91 Å². The summed E-state index contributed by atoms with van der Waals surface area (Å²) >= 11 is 0. The van der Waals surface area contributed by atoms with Crippen LogP contribution in [0.5, 0.6) is 6.01 Å². The number of aromatic nitrogens is 2. The molecule has 0 N–H and O–H groups in total. The number of aryl methyl sites for hydroxylation is 1. The zero-order chi connectivity index (χ0) is 16.1. The summed E-state index contributed by atoms with van der Waals surface area (Å²) in [7, 11) is 0. The van der Waals surface area contributed by atoms with Gasteiger partial charge in [0.25, 0.3) is 0 Å². The van der Waals surface area contributed by atoms with Crippen LogP contribution in [-0.4, -0.2) is 40.0 Å². The van der Waals surface area contributed by atoms with E-state index < -0.39 is 0 Å². The van der Waals surface area contributed by atoms with E-state index in [1.807, 2.05) is 11.8 Å². The molecule has 5 heteroatoms. The second kappa shape index (κ2) is 7.75. The molecule has 0 spiro atoms. The fourth-order valence-corrected chi connectivity index (χ4v) is 3.60. The van der Waals surface area contributed by atoms with Gasteiger partial charge in [-0.05, 0) is 24.8 Å². The number of carbonyl (C=O) groups is 1. The second-order valence-electron chi connectivity index (χ2n) is 6.93. The van der Waals surface area contributed by atoms with E-state index in [0.717, 1.165) is 50.3 Å². The van der Waals surface area contributed by atoms with Crippen LogP contribution in [0.2, 0.25) is 0 Å². The molecule has 3 rings (SSSR count). The van der Waals surface area contributed by atoms with Gasteiger partial charge in [0.1, 0.15) is 6.10 Å². The lowest BCUT2D eigenvalue weighted by atomic mass is 10.0. The Bertz CT molecular complexity index is 504. The molecule has 0 bridgehead atoms. The Balaban J connectivity index is 1.39. The number of nitrogens with zero attached hydrogens (tertiary/aromatic N) is 3. The number of piperidine rings is 1. The van der Waals surface area contributed by atoms with Gasteiger partial charge in [0.15, 0.2) is 0 Å². The standard InChI is InChI=1S/C18H27N3O2/c1-14-12-19-18(20-13-14)23-16-8-10-21(11-9-16)17(22)7-6-15-4-2-3-5-15/h12-13,15-16H,2-11H2,1H3. The van der Waals surface area contributed by atoms with E-state index in [1.54, 1.807) is 12.4 Å². The Morgan fingerprint density at radius 2 is 1.83 bits per heavy atom. The predicted octanol–water partition coefficient (Wildman–Crippen LogP) is 3.13. The van der Waals surface area contributed by atoms with Gasteiger partial charge in [0, 0.05) is 44.7 Å². The lowest BCUT2D eigenvalue weighted by Crippen LogP contribution is -2.42. The lowest BCUT2D eigenvalue weighted by molar-refractivity contribution is -0.133. The van der Waals surface area contributed by atoms with Crippen molar-refractivity contribution < 1.29 is 9.53 Å². The quantitative estimate of drug-likeness (QED) is 0.837. The van der Waals surface area contributed by atoms with Gasteiger partial charge in [-0.1, -0.05) is 25.7 Å². The van der Waals surface area contributed by atoms with Gasteiger partial charge in [-0.3, -0.25) is 4.79 Å². The molecule has 1 aromatic heterocycles. The van der Waals surface area contributed by atoms with Crippen LogP contribution < -0.4 is 4.74 Å². The summed E-state index contributed by atoms with van der Waals surface area (Å²) in [5, 5.41) is 0. The van der Waals surface area contributed by atoms with Gasteiger partial charge in [0.05, 0.1) is 0 Å². The largest absolute Gasteiger partial charge is 0.460 e. The third-order valence-electron chi connectivity index (χ3n) is 5.07. The summed E-state index contributed by atoms with van der Waals surface area (Å²) in [4.78, 5) is 22.7. The van der Waals surface area contributed by atoms with Crippen LogP contribution in [0.1, 0.15) is 56.9 Å². The Morgan fingerprint density at radius 1 is 1.17 bits per heavy atom. The van der Waals surface area contributed by atoms with Crippen molar-refractivity contribution in [2.24, 2.45) is 5.92 Å². The molecule has 0 radical (unpaired) electrons. The zero-order valence-corrected chi connectivity index (χ0v) is 14.0. The summed E-state index contributed by atoms with van der Waals surface area (Å²) in [6.07, 6.45) is 12.5. The molecule has 126 valence electrons. The van der Waals surface area contributed by atoms with Crippen LogP contribution in [0.3, 0.4) is 0 Å². The summed E-state index contributed by atoms with van der Waals surface area (Å²) in [5.41, 5.74) is 1.03. The number of hydrogen-bond acceptors (Lipinski definition) is 4. The summed E-state index contributed by atoms with van der Waals surface area (Å²) in [6, 6.07) is 0.446. The fourth-order valence-electron chi connectivity index (χ4n) is 3.60. The van der Waals surface area contributed by atoms with Gasteiger partial charge < -0.3 is 9.64 Å². The van der Waals surface area contributed by atoms with Gasteiger partial charge >= 0.3 is 6.01 Å². The van der Waals surface area contributed by atoms with Crippen LogP contribution >= 0.6 is 0 Å². The number of hydrogen-bond donors (Lipinski definition) is 0. The second-order valence-corrected chi connectivity index (χ2v) is 6.93. The third kappa shape index (κ3) is 4.66. The predicted molar refractivity (Wildman–Crippen MR) is 88.2 cm³/mol. The maximum absolute atomic E-state index is 12.3. The van der Waals surface area contributed by atoms with E-state index in [-0.39, 0.29) is 6.10 Å². The van der Waals surface area contributed by atoms with E-state index in [4.69, 9.17) is 4.74 Å². The van der Waals surface area contributed by atoms with E-state index >= 15 is 0 Å². The first-order valence-electron chi connectivity index (χ1n) is 8.94. The van der Waals surface area contributed by atoms with Crippen LogP contribution in [0, 0.1) is 12.8 Å². The maximum atomic E-state index is 12.3. The normalized spacial score (nSPS) is 20.0. The number of carbonyl (C=O) groups excluding carboxylic acids is 1. The molecule has 2 fully saturated rings. The Labute approximate surface area is 138 Å². The molecule has 1 saturated heterocycles. The van der Waals surface area contributed by atoms with Crippen LogP contribution in [-0.2, 0) is 4.79 Å². The Kier molecular flexibility index (Phi) is 5.47. The van der Waals surface area contributed by atoms with Gasteiger partial charge in [-0.2, -0.15) is 0 Å². The highest BCUT2D eigenvalue weighted by Crippen LogP contribution is 2.29. The first kappa shape index (κ1) is 16.2. The molecule has 0 unspecified atom stereocenters. The molecule has 23 heavy (non-hydrogen) atoms. The van der Waals surface area contributed by atoms with Crippen LogP contribution in [0.4, 0.5) is 0 Å². The van der Waals surface area contributed by atoms with Crippen molar-refractivity contribution in [3.63, 3.8) is 0 Å². The van der Waals surface area contributed by atoms with Crippen molar-refractivity contribution in [3.05, 3.63) is 18.0 Å². The summed E-state index contributed by atoms with van der Waals surface area (Å²) < 4.78 is 5.82. The Morgan fingerprint density at radius 3 is 2.48 bits per heavy atom. The molecule has 0 atom stereocenters. The minimum Gasteiger partial charge on any atom is -0.460 e. The molecule has 2 aliphatic rings. The molecule has 1 aliphatic carbocycles. The van der Waals surface area contributed by atoms with E-state index in [2.05, 4.69) is 9.97 Å². The Hall–Kier alpha value is -1.65. The van der Waals surface area contributed by atoms with E-state index in [9.17, 15) is 4.79 Å². The number of rotatable bonds is 5. The van der Waals surface area contributed by atoms with Crippen molar-refractivity contribution in [2.45, 2.75) is 64.4 Å². The molecular formula is C18H27N3O2. The highest BCUT2D eigenvalue weighted by Gasteiger charge is 2.25. The average molecular weight is 317 g/mol. The van der Waals surface area contributed by atoms with Gasteiger partial charge in [-0.15, -0.1) is 0 Å². The third-order valence-corrected chi connectivity index (χ3v) is 5.07. The first-order valence-corrected chi connectivity index (χ1v) is 8.94. The fraction of sp³-hybridized carbons (Fsp3) is 0.722. The minimum absolute atomic E-state index is 0.122. The van der Waals surface area contributed by atoms with Crippen molar-refractivity contribution in [2.75, 3.05) is 13.1 Å². The molecule has 5 nitrogen and oxygen atoms in total. The molecule has 0 aromatic carbocycles. The molecular weight excluding hydrogens is 290 g/mol. The number of amides is 1. The van der Waals surface area contributed by atoms with Crippen molar-refractivity contribution in [1.29, 1.82) is 0 Å². The molecule has 1 amide bonds. The van der Waals surface area contributed by atoms with Gasteiger partial charge in [0.2, 0.25) is 5.91 Å². The molecule has 1 aromatic rings. The zero-order valence-electron chi connectivity index (χ0n) is 14.0. The number of ether oxygens (including phenoxy) is 1. The van der Waals surface area contributed by atoms with Crippen LogP contribution in [0.15, 0.2) is 12.4 Å². The van der Waals surface area contributed by atoms with E-state index in [0.29, 0.717) is 11.9 Å².